The molecule has 0 amide bonds. The van der Waals surface area contributed by atoms with Gasteiger partial charge in [-0.25, -0.2) is 17.7 Å². The van der Waals surface area contributed by atoms with E-state index in [1.165, 1.54) is 22.8 Å². The van der Waals surface area contributed by atoms with Gasteiger partial charge in [0.2, 0.25) is 5.13 Å². The third-order valence-corrected chi connectivity index (χ3v) is 7.71. The summed E-state index contributed by atoms with van der Waals surface area (Å²) in [6.45, 7) is 0. The number of aromatic nitrogens is 3. The van der Waals surface area contributed by atoms with Crippen LogP contribution in [0.3, 0.4) is 0 Å². The second-order valence-corrected chi connectivity index (χ2v) is 9.76. The number of fused-ring (bicyclic) bond motifs is 1. The van der Waals surface area contributed by atoms with Crippen molar-refractivity contribution >= 4 is 43.0 Å². The molecule has 5 rings (SSSR count). The number of nitrogens with zero attached hydrogens (tertiary/aromatic N) is 4. The Morgan fingerprint density at radius 3 is 2.52 bits per heavy atom. The molecule has 0 atom stereocenters. The molecule has 0 aliphatic rings. The lowest BCUT2D eigenvalue weighted by Crippen LogP contribution is -2.26. The number of benzene rings is 2. The lowest BCUT2D eigenvalue weighted by atomic mass is 10.1. The third kappa shape index (κ3) is 3.92. The number of anilines is 2. The van der Waals surface area contributed by atoms with E-state index >= 15 is 0 Å². The molecule has 9 heteroatoms. The molecule has 5 aromatic rings. The van der Waals surface area contributed by atoms with E-state index in [9.17, 15) is 8.42 Å². The van der Waals surface area contributed by atoms with Gasteiger partial charge in [0, 0.05) is 47.3 Å². The van der Waals surface area contributed by atoms with Gasteiger partial charge in [-0.15, -0.1) is 11.3 Å². The van der Waals surface area contributed by atoms with Crippen molar-refractivity contribution in [2.75, 3.05) is 11.4 Å². The van der Waals surface area contributed by atoms with Crippen LogP contribution in [0.1, 0.15) is 0 Å². The van der Waals surface area contributed by atoms with E-state index in [-0.39, 0.29) is 4.90 Å². The average molecular weight is 475 g/mol. The fourth-order valence-electron chi connectivity index (χ4n) is 3.54. The van der Waals surface area contributed by atoms with Gasteiger partial charge in [0.1, 0.15) is 11.4 Å². The van der Waals surface area contributed by atoms with Crippen LogP contribution in [0.15, 0.2) is 95.9 Å². The van der Waals surface area contributed by atoms with E-state index in [1.807, 2.05) is 18.2 Å². The summed E-state index contributed by atoms with van der Waals surface area (Å²) < 4.78 is 34.7. The summed E-state index contributed by atoms with van der Waals surface area (Å²) >= 11 is 1.23. The Balaban J connectivity index is 1.67. The second-order valence-electron chi connectivity index (χ2n) is 7.10. The molecule has 3 aromatic heterocycles. The minimum atomic E-state index is -4.01. The van der Waals surface area contributed by atoms with E-state index in [0.717, 1.165) is 21.9 Å². The third-order valence-electron chi connectivity index (χ3n) is 5.14. The monoisotopic (exact) mass is 474 g/mol. The SMILES string of the molecule is COc1cc(-c2cccnc2)ccc1N(c1nccs1)S(=O)(=O)c1ccc2cnccc2c1. The van der Waals surface area contributed by atoms with E-state index < -0.39 is 10.0 Å². The molecule has 33 heavy (non-hydrogen) atoms. The second kappa shape index (κ2) is 8.61. The molecule has 0 saturated carbocycles. The van der Waals surface area contributed by atoms with E-state index in [1.54, 1.807) is 72.8 Å². The Kier molecular flexibility index (Phi) is 5.49. The Hall–Kier alpha value is -3.82. The first-order chi connectivity index (χ1) is 16.1. The number of ether oxygens (including phenoxy) is 1. The Morgan fingerprint density at radius 1 is 0.879 bits per heavy atom. The fraction of sp³-hybridized carbons (Fsp3) is 0.0417. The van der Waals surface area contributed by atoms with Crippen LogP contribution in [0.2, 0.25) is 0 Å². The lowest BCUT2D eigenvalue weighted by molar-refractivity contribution is 0.416. The highest BCUT2D eigenvalue weighted by molar-refractivity contribution is 7.93. The number of thiazole rings is 1. The number of hydrogen-bond donors (Lipinski definition) is 0. The lowest BCUT2D eigenvalue weighted by Gasteiger charge is -2.24. The van der Waals surface area contributed by atoms with Crippen LogP contribution in [0, 0.1) is 0 Å². The zero-order valence-electron chi connectivity index (χ0n) is 17.5. The Bertz CT molecular complexity index is 1520. The zero-order chi connectivity index (χ0) is 22.8. The van der Waals surface area contributed by atoms with Gasteiger partial charge in [0.15, 0.2) is 0 Å². The molecule has 164 valence electrons. The summed E-state index contributed by atoms with van der Waals surface area (Å²) in [5.74, 6) is 0.403. The number of pyridine rings is 2. The van der Waals surface area contributed by atoms with Gasteiger partial charge in [-0.1, -0.05) is 18.2 Å². The van der Waals surface area contributed by atoms with Crippen molar-refractivity contribution in [3.8, 4) is 16.9 Å². The molecule has 0 saturated heterocycles. The molecular weight excluding hydrogens is 456 g/mol. The smallest absolute Gasteiger partial charge is 0.270 e. The summed E-state index contributed by atoms with van der Waals surface area (Å²) in [6, 6.07) is 15.9. The highest BCUT2D eigenvalue weighted by atomic mass is 32.2. The van der Waals surface area contributed by atoms with Crippen LogP contribution < -0.4 is 9.04 Å². The summed E-state index contributed by atoms with van der Waals surface area (Å²) in [4.78, 5) is 12.7. The number of rotatable bonds is 6. The van der Waals surface area contributed by atoms with Crippen LogP contribution >= 0.6 is 11.3 Å². The van der Waals surface area contributed by atoms with Crippen LogP contribution in [-0.2, 0) is 10.0 Å². The van der Waals surface area contributed by atoms with Crippen molar-refractivity contribution in [3.05, 3.63) is 91.0 Å². The molecule has 3 heterocycles. The molecule has 0 aliphatic carbocycles. The van der Waals surface area contributed by atoms with Gasteiger partial charge in [0.05, 0.1) is 12.0 Å². The van der Waals surface area contributed by atoms with E-state index in [4.69, 9.17) is 4.74 Å². The molecule has 7 nitrogen and oxygen atoms in total. The quantitative estimate of drug-likeness (QED) is 0.332. The van der Waals surface area contributed by atoms with Gasteiger partial charge in [0.25, 0.3) is 10.0 Å². The van der Waals surface area contributed by atoms with Crippen molar-refractivity contribution in [1.29, 1.82) is 0 Å². The van der Waals surface area contributed by atoms with Crippen molar-refractivity contribution in [3.63, 3.8) is 0 Å². The molecular formula is C24H18N4O3S2. The van der Waals surface area contributed by atoms with Gasteiger partial charge < -0.3 is 4.74 Å². The number of hydrogen-bond acceptors (Lipinski definition) is 7. The first-order valence-electron chi connectivity index (χ1n) is 9.95. The van der Waals surface area contributed by atoms with Crippen LogP contribution in [0.25, 0.3) is 21.9 Å². The Labute approximate surface area is 195 Å². The standard InChI is InChI=1S/C24H18N4O3S2/c1-31-23-14-17(19-3-2-9-25-15-19)5-7-22(23)28(24-27-11-12-32-24)33(29,30)21-6-4-20-16-26-10-8-18(20)13-21/h2-16H,1H3. The largest absolute Gasteiger partial charge is 0.495 e. The molecule has 0 bridgehead atoms. The van der Waals surface area contributed by atoms with Crippen LogP contribution in [0.4, 0.5) is 10.8 Å². The minimum absolute atomic E-state index is 0.148. The maximum Gasteiger partial charge on any atom is 0.270 e. The van der Waals surface area contributed by atoms with Gasteiger partial charge >= 0.3 is 0 Å². The Morgan fingerprint density at radius 2 is 1.76 bits per heavy atom. The average Bonchev–Trinajstić information content (AvgIpc) is 3.38. The first kappa shape index (κ1) is 21.0. The predicted octanol–water partition coefficient (Wildman–Crippen LogP) is 5.29. The van der Waals surface area contributed by atoms with Crippen LogP contribution in [-0.4, -0.2) is 30.5 Å². The fourth-order valence-corrected chi connectivity index (χ4v) is 5.91. The maximum absolute atomic E-state index is 13.9. The first-order valence-corrected chi connectivity index (χ1v) is 12.3. The topological polar surface area (TPSA) is 85.3 Å². The molecule has 0 fully saturated rings. The van der Waals surface area contributed by atoms with Crippen molar-refractivity contribution in [2.24, 2.45) is 0 Å². The molecule has 0 unspecified atom stereocenters. The zero-order valence-corrected chi connectivity index (χ0v) is 19.1. The molecule has 2 aromatic carbocycles. The normalized spacial score (nSPS) is 11.4. The summed E-state index contributed by atoms with van der Waals surface area (Å²) in [5, 5.41) is 3.69. The molecule has 0 spiro atoms. The maximum atomic E-state index is 13.9. The summed E-state index contributed by atoms with van der Waals surface area (Å²) in [6.07, 6.45) is 8.35. The summed E-state index contributed by atoms with van der Waals surface area (Å²) in [7, 11) is -2.49. The van der Waals surface area contributed by atoms with Crippen molar-refractivity contribution in [2.45, 2.75) is 4.90 Å². The highest BCUT2D eigenvalue weighted by Gasteiger charge is 2.31. The van der Waals surface area contributed by atoms with Crippen molar-refractivity contribution in [1.82, 2.24) is 15.0 Å². The predicted molar refractivity (Wildman–Crippen MR) is 129 cm³/mol. The van der Waals surface area contributed by atoms with Gasteiger partial charge in [-0.2, -0.15) is 0 Å². The van der Waals surface area contributed by atoms with E-state index in [0.29, 0.717) is 16.6 Å². The van der Waals surface area contributed by atoms with Crippen LogP contribution in [0.5, 0.6) is 5.75 Å². The van der Waals surface area contributed by atoms with Crippen molar-refractivity contribution < 1.29 is 13.2 Å². The summed E-state index contributed by atoms with van der Waals surface area (Å²) in [5.41, 5.74) is 2.13. The molecule has 0 radical (unpaired) electrons. The molecule has 0 N–H and O–H groups in total. The minimum Gasteiger partial charge on any atom is -0.495 e. The van der Waals surface area contributed by atoms with Gasteiger partial charge in [-0.3, -0.25) is 9.97 Å². The number of methoxy groups -OCH3 is 1. The number of sulfonamides is 1. The van der Waals surface area contributed by atoms with Gasteiger partial charge in [-0.05, 0) is 47.3 Å². The molecule has 0 aliphatic heterocycles. The highest BCUT2D eigenvalue weighted by Crippen LogP contribution is 2.41. The van der Waals surface area contributed by atoms with E-state index in [2.05, 4.69) is 15.0 Å².